The van der Waals surface area contributed by atoms with Crippen molar-refractivity contribution >= 4 is 12.1 Å². The first-order valence-electron chi connectivity index (χ1n) is 8.32. The van der Waals surface area contributed by atoms with Gasteiger partial charge in [-0.3, -0.25) is 0 Å². The maximum absolute atomic E-state index is 2.40. The van der Waals surface area contributed by atoms with E-state index >= 15 is 0 Å². The first-order chi connectivity index (χ1) is 11.1. The average molecular weight is 448 g/mol. The number of hydrogen-bond acceptors (Lipinski definition) is 0. The summed E-state index contributed by atoms with van der Waals surface area (Å²) in [5, 5.41) is 0. The van der Waals surface area contributed by atoms with E-state index in [1.807, 2.05) is 0 Å². The number of halogens is 2. The van der Waals surface area contributed by atoms with Crippen LogP contribution in [-0.2, 0) is 29.2 Å². The molecule has 0 unspecified atom stereocenters. The molecule has 0 saturated heterocycles. The number of fused-ring (bicyclic) bond motifs is 3. The van der Waals surface area contributed by atoms with Crippen LogP contribution in [0, 0.1) is 0 Å². The van der Waals surface area contributed by atoms with E-state index < -0.39 is 22.8 Å². The van der Waals surface area contributed by atoms with E-state index in [9.17, 15) is 0 Å². The summed E-state index contributed by atoms with van der Waals surface area (Å²) in [6, 6.07) is 13.7. The van der Waals surface area contributed by atoms with Crippen molar-refractivity contribution in [3.63, 3.8) is 0 Å². The second kappa shape index (κ2) is 8.30. The van der Waals surface area contributed by atoms with Gasteiger partial charge in [-0.2, -0.15) is 0 Å². The zero-order chi connectivity index (χ0) is 16.0. The smallest absolute Gasteiger partial charge is 1.00 e. The van der Waals surface area contributed by atoms with Crippen LogP contribution in [0.1, 0.15) is 43.9 Å². The van der Waals surface area contributed by atoms with Crippen LogP contribution in [0.5, 0.6) is 0 Å². The fraction of sp³-hybridized carbons (Fsp3) is 0.227. The molecule has 0 radical (unpaired) electrons. The SMILES string of the molecule is CC1=CCC(c2ccc3c([c]2[Zr+2]=[C](C)C)Cc2ccccc2-3)=C1.[Cl-].[Cl-]. The molecule has 4 rings (SSSR count). The molecule has 0 bridgehead atoms. The van der Waals surface area contributed by atoms with Crippen molar-refractivity contribution in [2.24, 2.45) is 0 Å². The molecule has 2 aliphatic carbocycles. The minimum Gasteiger partial charge on any atom is -1.00 e. The molecule has 0 heterocycles. The van der Waals surface area contributed by atoms with E-state index in [2.05, 4.69) is 69.3 Å². The Labute approximate surface area is 174 Å². The minimum atomic E-state index is -0.659. The van der Waals surface area contributed by atoms with Crippen molar-refractivity contribution in [3.05, 3.63) is 70.8 Å². The van der Waals surface area contributed by atoms with Crippen molar-refractivity contribution < 1.29 is 47.6 Å². The Balaban J connectivity index is 0.00000113. The van der Waals surface area contributed by atoms with E-state index in [0.29, 0.717) is 0 Å². The molecule has 0 fully saturated rings. The third-order valence-corrected chi connectivity index (χ3v) is 8.00. The second-order valence-electron chi connectivity index (χ2n) is 6.80. The van der Waals surface area contributed by atoms with E-state index in [4.69, 9.17) is 0 Å². The zero-order valence-corrected chi connectivity index (χ0v) is 18.8. The molecule has 2 aromatic carbocycles. The number of hydrogen-bond donors (Lipinski definition) is 0. The molecule has 0 aromatic heterocycles. The quantitative estimate of drug-likeness (QED) is 0.469. The average Bonchev–Trinajstić information content (AvgIpc) is 3.11. The van der Waals surface area contributed by atoms with Crippen LogP contribution < -0.4 is 28.1 Å². The van der Waals surface area contributed by atoms with Crippen molar-refractivity contribution in [1.82, 2.24) is 0 Å². The van der Waals surface area contributed by atoms with Gasteiger partial charge in [-0.25, -0.2) is 0 Å². The summed E-state index contributed by atoms with van der Waals surface area (Å²) in [6.45, 7) is 6.86. The summed E-state index contributed by atoms with van der Waals surface area (Å²) < 4.78 is 3.37. The van der Waals surface area contributed by atoms with Crippen LogP contribution in [0.25, 0.3) is 16.7 Å². The summed E-state index contributed by atoms with van der Waals surface area (Å²) in [7, 11) is 0. The van der Waals surface area contributed by atoms with Crippen LogP contribution in [-0.4, -0.2) is 3.21 Å². The number of rotatable bonds is 2. The Hall–Kier alpha value is -0.747. The van der Waals surface area contributed by atoms with Crippen LogP contribution in [0.4, 0.5) is 0 Å². The molecule has 25 heavy (non-hydrogen) atoms. The summed E-state index contributed by atoms with van der Waals surface area (Å²) in [6.07, 6.45) is 6.97. The van der Waals surface area contributed by atoms with Gasteiger partial charge in [0, 0.05) is 0 Å². The summed E-state index contributed by atoms with van der Waals surface area (Å²) in [5.41, 5.74) is 10.6. The van der Waals surface area contributed by atoms with Gasteiger partial charge in [-0.05, 0) is 0 Å². The molecule has 0 atom stereocenters. The van der Waals surface area contributed by atoms with Gasteiger partial charge in [0.2, 0.25) is 0 Å². The molecule has 0 saturated carbocycles. The summed E-state index contributed by atoms with van der Waals surface area (Å²) in [4.78, 5) is 0. The molecular weight excluding hydrogens is 426 g/mol. The van der Waals surface area contributed by atoms with Gasteiger partial charge < -0.3 is 24.8 Å². The molecule has 2 aromatic rings. The summed E-state index contributed by atoms with van der Waals surface area (Å²) >= 11 is -0.659. The van der Waals surface area contributed by atoms with Gasteiger partial charge in [-0.15, -0.1) is 0 Å². The largest absolute Gasteiger partial charge is 1.00 e. The number of allylic oxidation sites excluding steroid dienone is 4. The normalized spacial score (nSPS) is 13.6. The van der Waals surface area contributed by atoms with E-state index in [1.54, 1.807) is 12.0 Å². The monoisotopic (exact) mass is 445 g/mol. The molecular formula is C22H21Cl2Zr. The van der Waals surface area contributed by atoms with Gasteiger partial charge >= 0.3 is 150 Å². The Morgan fingerprint density at radius 2 is 1.64 bits per heavy atom. The van der Waals surface area contributed by atoms with Gasteiger partial charge in [0.25, 0.3) is 0 Å². The maximum Gasteiger partial charge on any atom is -1.00 e. The van der Waals surface area contributed by atoms with Gasteiger partial charge in [0.15, 0.2) is 0 Å². The number of benzene rings is 2. The Morgan fingerprint density at radius 3 is 2.32 bits per heavy atom. The molecule has 0 spiro atoms. The van der Waals surface area contributed by atoms with Crippen molar-refractivity contribution in [2.75, 3.05) is 0 Å². The zero-order valence-electron chi connectivity index (χ0n) is 14.8. The van der Waals surface area contributed by atoms with E-state index in [0.717, 1.165) is 12.8 Å². The molecule has 3 heteroatoms. The minimum absolute atomic E-state index is 0. The van der Waals surface area contributed by atoms with Crippen LogP contribution in [0.3, 0.4) is 0 Å². The van der Waals surface area contributed by atoms with Crippen molar-refractivity contribution in [1.29, 1.82) is 0 Å². The maximum atomic E-state index is 2.40. The predicted molar refractivity (Wildman–Crippen MR) is 97.0 cm³/mol. The first-order valence-corrected chi connectivity index (χ1v) is 10.8. The van der Waals surface area contributed by atoms with Crippen LogP contribution >= 0.6 is 0 Å². The van der Waals surface area contributed by atoms with E-state index in [-0.39, 0.29) is 24.8 Å². The first kappa shape index (κ1) is 20.6. The molecule has 0 aliphatic heterocycles. The standard InChI is InChI=1S/C19H15.C3H6.2ClH.Zr/c1-13-6-7-14(10-13)15-8-9-19-17(11-15)12-16-4-2-3-5-18(16)19;1-3-2;;;/h2-6,8-10H,7,12H2,1H3;1-2H3;2*1H;/q;;;;+2/p-2. The van der Waals surface area contributed by atoms with E-state index in [1.165, 1.54) is 33.4 Å². The molecule has 0 nitrogen and oxygen atoms in total. The molecule has 0 N–H and O–H groups in total. The predicted octanol–water partition coefficient (Wildman–Crippen LogP) is -1.08. The van der Waals surface area contributed by atoms with Gasteiger partial charge in [0.05, 0.1) is 0 Å². The van der Waals surface area contributed by atoms with Crippen LogP contribution in [0.15, 0.2) is 54.1 Å². The van der Waals surface area contributed by atoms with Gasteiger partial charge in [0.1, 0.15) is 0 Å². The van der Waals surface area contributed by atoms with Gasteiger partial charge in [-0.1, -0.05) is 0 Å². The third-order valence-electron chi connectivity index (χ3n) is 4.75. The van der Waals surface area contributed by atoms with Crippen molar-refractivity contribution in [3.8, 4) is 11.1 Å². The van der Waals surface area contributed by atoms with Crippen molar-refractivity contribution in [2.45, 2.75) is 33.6 Å². The fourth-order valence-corrected chi connectivity index (χ4v) is 6.80. The van der Waals surface area contributed by atoms with Crippen LogP contribution in [0.2, 0.25) is 0 Å². The molecule has 0 amide bonds. The summed E-state index contributed by atoms with van der Waals surface area (Å²) in [5.74, 6) is 0. The Morgan fingerprint density at radius 1 is 0.920 bits per heavy atom. The molecule has 127 valence electrons. The Bertz CT molecular complexity index is 900. The third kappa shape index (κ3) is 3.85. The fourth-order valence-electron chi connectivity index (χ4n) is 3.72. The Kier molecular flexibility index (Phi) is 6.82. The topological polar surface area (TPSA) is 0 Å². The second-order valence-corrected chi connectivity index (χ2v) is 11.1. The molecule has 2 aliphatic rings.